The lowest BCUT2D eigenvalue weighted by atomic mass is 10.1. The second-order valence-corrected chi connectivity index (χ2v) is 5.71. The molecule has 118 valence electrons. The molecule has 0 aromatic carbocycles. The molecule has 1 heterocycles. The molecule has 0 aromatic heterocycles. The van der Waals surface area contributed by atoms with E-state index in [-0.39, 0.29) is 6.09 Å². The van der Waals surface area contributed by atoms with Crippen LogP contribution >= 0.6 is 0 Å². The van der Waals surface area contributed by atoms with Crippen LogP contribution in [0, 0.1) is 5.92 Å². The van der Waals surface area contributed by atoms with Crippen molar-refractivity contribution in [2.75, 3.05) is 39.5 Å². The SMILES string of the molecule is CCOC(=O)N1CCC(NCCOCCC(C)C)CC1. The Labute approximate surface area is 123 Å². The summed E-state index contributed by atoms with van der Waals surface area (Å²) in [6.45, 7) is 10.8. The molecular formula is C15H30N2O3. The first kappa shape index (κ1) is 17.2. The van der Waals surface area contributed by atoms with Gasteiger partial charge in [0.2, 0.25) is 0 Å². The molecule has 1 saturated heterocycles. The molecule has 0 bridgehead atoms. The summed E-state index contributed by atoms with van der Waals surface area (Å²) in [6.07, 6.45) is 2.93. The van der Waals surface area contributed by atoms with Gasteiger partial charge in [-0.1, -0.05) is 13.8 Å². The Kier molecular flexibility index (Phi) is 8.62. The summed E-state index contributed by atoms with van der Waals surface area (Å²) in [6, 6.07) is 0.495. The molecule has 1 rings (SSSR count). The van der Waals surface area contributed by atoms with Crippen molar-refractivity contribution in [1.82, 2.24) is 10.2 Å². The third kappa shape index (κ3) is 7.10. The zero-order chi connectivity index (χ0) is 14.8. The Balaban J connectivity index is 2.01. The minimum absolute atomic E-state index is 0.178. The lowest BCUT2D eigenvalue weighted by molar-refractivity contribution is 0.0920. The Hall–Kier alpha value is -0.810. The summed E-state index contributed by atoms with van der Waals surface area (Å²) in [5.74, 6) is 0.704. The van der Waals surface area contributed by atoms with Crippen LogP contribution in [0.4, 0.5) is 4.79 Å². The average Bonchev–Trinajstić information content (AvgIpc) is 2.43. The third-order valence-corrected chi connectivity index (χ3v) is 3.54. The molecular weight excluding hydrogens is 256 g/mol. The molecule has 20 heavy (non-hydrogen) atoms. The average molecular weight is 286 g/mol. The molecule has 0 atom stereocenters. The predicted molar refractivity (Wildman–Crippen MR) is 79.9 cm³/mol. The fourth-order valence-corrected chi connectivity index (χ4v) is 2.24. The summed E-state index contributed by atoms with van der Waals surface area (Å²) in [5.41, 5.74) is 0. The zero-order valence-corrected chi connectivity index (χ0v) is 13.2. The quantitative estimate of drug-likeness (QED) is 0.695. The van der Waals surface area contributed by atoms with Gasteiger partial charge in [-0.25, -0.2) is 4.79 Å². The van der Waals surface area contributed by atoms with Gasteiger partial charge in [-0.2, -0.15) is 0 Å². The maximum Gasteiger partial charge on any atom is 0.409 e. The van der Waals surface area contributed by atoms with Gasteiger partial charge >= 0.3 is 6.09 Å². The van der Waals surface area contributed by atoms with Crippen LogP contribution in [0.2, 0.25) is 0 Å². The van der Waals surface area contributed by atoms with Crippen LogP contribution in [-0.4, -0.2) is 56.5 Å². The van der Waals surface area contributed by atoms with Gasteiger partial charge in [-0.15, -0.1) is 0 Å². The number of nitrogens with one attached hydrogen (secondary N) is 1. The highest BCUT2D eigenvalue weighted by atomic mass is 16.6. The summed E-state index contributed by atoms with van der Waals surface area (Å²) in [4.78, 5) is 13.3. The Morgan fingerprint density at radius 3 is 2.60 bits per heavy atom. The molecule has 5 nitrogen and oxygen atoms in total. The lowest BCUT2D eigenvalue weighted by Crippen LogP contribution is -2.45. The van der Waals surface area contributed by atoms with E-state index in [1.165, 1.54) is 0 Å². The monoisotopic (exact) mass is 286 g/mol. The van der Waals surface area contributed by atoms with E-state index in [1.807, 2.05) is 6.92 Å². The number of piperidine rings is 1. The first-order valence-corrected chi connectivity index (χ1v) is 7.86. The molecule has 0 spiro atoms. The number of carbonyl (C=O) groups excluding carboxylic acids is 1. The zero-order valence-electron chi connectivity index (χ0n) is 13.2. The van der Waals surface area contributed by atoms with Gasteiger partial charge in [-0.05, 0) is 32.1 Å². The van der Waals surface area contributed by atoms with Crippen LogP contribution in [0.1, 0.15) is 40.0 Å². The molecule has 0 aliphatic carbocycles. The standard InChI is InChI=1S/C15H30N2O3/c1-4-20-15(18)17-9-5-14(6-10-17)16-8-12-19-11-7-13(2)3/h13-14,16H,4-12H2,1-3H3. The Morgan fingerprint density at radius 2 is 2.00 bits per heavy atom. The van der Waals surface area contributed by atoms with E-state index in [0.717, 1.165) is 52.1 Å². The first-order valence-electron chi connectivity index (χ1n) is 7.86. The molecule has 1 aliphatic heterocycles. The van der Waals surface area contributed by atoms with Crippen LogP contribution in [0.3, 0.4) is 0 Å². The highest BCUT2D eigenvalue weighted by molar-refractivity contribution is 5.67. The third-order valence-electron chi connectivity index (χ3n) is 3.54. The molecule has 5 heteroatoms. The van der Waals surface area contributed by atoms with E-state index >= 15 is 0 Å². The summed E-state index contributed by atoms with van der Waals surface area (Å²) >= 11 is 0. The van der Waals surface area contributed by atoms with Gasteiger partial charge < -0.3 is 19.7 Å². The minimum Gasteiger partial charge on any atom is -0.450 e. The van der Waals surface area contributed by atoms with Gasteiger partial charge in [0.1, 0.15) is 0 Å². The Bertz CT molecular complexity index is 264. The molecule has 0 radical (unpaired) electrons. The van der Waals surface area contributed by atoms with Gasteiger partial charge in [0.05, 0.1) is 13.2 Å². The molecule has 0 unspecified atom stereocenters. The van der Waals surface area contributed by atoms with Crippen molar-refractivity contribution >= 4 is 6.09 Å². The van der Waals surface area contributed by atoms with Crippen LogP contribution in [-0.2, 0) is 9.47 Å². The fourth-order valence-electron chi connectivity index (χ4n) is 2.24. The van der Waals surface area contributed by atoms with Crippen molar-refractivity contribution in [3.05, 3.63) is 0 Å². The van der Waals surface area contributed by atoms with E-state index < -0.39 is 0 Å². The van der Waals surface area contributed by atoms with Gasteiger partial charge in [0.25, 0.3) is 0 Å². The van der Waals surface area contributed by atoms with Gasteiger partial charge in [0.15, 0.2) is 0 Å². The first-order chi connectivity index (χ1) is 9.63. The Morgan fingerprint density at radius 1 is 1.30 bits per heavy atom. The van der Waals surface area contributed by atoms with Crippen LogP contribution in [0.25, 0.3) is 0 Å². The number of rotatable bonds is 8. The number of likely N-dealkylation sites (tertiary alicyclic amines) is 1. The molecule has 0 aromatic rings. The minimum atomic E-state index is -0.178. The highest BCUT2D eigenvalue weighted by Gasteiger charge is 2.22. The van der Waals surface area contributed by atoms with Crippen molar-refractivity contribution in [2.45, 2.75) is 46.1 Å². The number of nitrogens with zero attached hydrogens (tertiary/aromatic N) is 1. The van der Waals surface area contributed by atoms with Crippen LogP contribution in [0.5, 0.6) is 0 Å². The fraction of sp³-hybridized carbons (Fsp3) is 0.933. The van der Waals surface area contributed by atoms with Crippen molar-refractivity contribution in [3.63, 3.8) is 0 Å². The normalized spacial score (nSPS) is 16.7. The number of ether oxygens (including phenoxy) is 2. The maximum absolute atomic E-state index is 11.6. The number of hydrogen-bond acceptors (Lipinski definition) is 4. The van der Waals surface area contributed by atoms with E-state index in [9.17, 15) is 4.79 Å². The van der Waals surface area contributed by atoms with Crippen molar-refractivity contribution in [3.8, 4) is 0 Å². The second kappa shape index (κ2) is 10.00. The smallest absolute Gasteiger partial charge is 0.409 e. The van der Waals surface area contributed by atoms with Gasteiger partial charge in [0, 0.05) is 32.3 Å². The molecule has 1 N–H and O–H groups in total. The van der Waals surface area contributed by atoms with Crippen LogP contribution in [0.15, 0.2) is 0 Å². The van der Waals surface area contributed by atoms with E-state index in [1.54, 1.807) is 4.90 Å². The van der Waals surface area contributed by atoms with E-state index in [2.05, 4.69) is 19.2 Å². The number of carbonyl (C=O) groups is 1. The largest absolute Gasteiger partial charge is 0.450 e. The summed E-state index contributed by atoms with van der Waals surface area (Å²) < 4.78 is 10.6. The van der Waals surface area contributed by atoms with E-state index in [0.29, 0.717) is 18.6 Å². The molecule has 1 aliphatic rings. The van der Waals surface area contributed by atoms with E-state index in [4.69, 9.17) is 9.47 Å². The van der Waals surface area contributed by atoms with Crippen molar-refractivity contribution < 1.29 is 14.3 Å². The van der Waals surface area contributed by atoms with Crippen molar-refractivity contribution in [1.29, 1.82) is 0 Å². The van der Waals surface area contributed by atoms with Crippen molar-refractivity contribution in [2.24, 2.45) is 5.92 Å². The molecule has 1 amide bonds. The molecule has 1 fully saturated rings. The van der Waals surface area contributed by atoms with Crippen LogP contribution < -0.4 is 5.32 Å². The topological polar surface area (TPSA) is 50.8 Å². The number of amides is 1. The lowest BCUT2D eigenvalue weighted by Gasteiger charge is -2.31. The summed E-state index contributed by atoms with van der Waals surface area (Å²) in [7, 11) is 0. The van der Waals surface area contributed by atoms with Gasteiger partial charge in [-0.3, -0.25) is 0 Å². The second-order valence-electron chi connectivity index (χ2n) is 5.71. The number of hydrogen-bond donors (Lipinski definition) is 1. The summed E-state index contributed by atoms with van der Waals surface area (Å²) in [5, 5.41) is 3.50. The highest BCUT2D eigenvalue weighted by Crippen LogP contribution is 2.11. The maximum atomic E-state index is 11.6. The molecule has 0 saturated carbocycles. The predicted octanol–water partition coefficient (Wildman–Crippen LogP) is 2.26.